The average molecular weight is 340 g/mol. The Balaban J connectivity index is 0.00000200. The molecule has 0 aliphatic carbocycles. The molecule has 0 radical (unpaired) electrons. The van der Waals surface area contributed by atoms with E-state index in [1.54, 1.807) is 0 Å². The van der Waals surface area contributed by atoms with Crippen LogP contribution in [0.3, 0.4) is 0 Å². The number of rotatable bonds is 3. The Morgan fingerprint density at radius 1 is 1.19 bits per heavy atom. The first-order valence-electron chi connectivity index (χ1n) is 7.94. The van der Waals surface area contributed by atoms with E-state index in [-0.39, 0.29) is 36.8 Å². The molecule has 2 rings (SSSR count). The van der Waals surface area contributed by atoms with Gasteiger partial charge in [-0.25, -0.2) is 0 Å². The van der Waals surface area contributed by atoms with Gasteiger partial charge >= 0.3 is 0 Å². The van der Waals surface area contributed by atoms with Crippen LogP contribution < -0.4 is 10.6 Å². The van der Waals surface area contributed by atoms with E-state index in [1.807, 2.05) is 0 Å². The maximum atomic E-state index is 12.4. The van der Waals surface area contributed by atoms with Crippen molar-refractivity contribution in [1.82, 2.24) is 15.5 Å². The van der Waals surface area contributed by atoms with Gasteiger partial charge in [-0.3, -0.25) is 9.69 Å². The Bertz CT molecular complexity index is 297. The molecule has 2 fully saturated rings. The first-order chi connectivity index (χ1) is 9.16. The maximum absolute atomic E-state index is 12.4. The van der Waals surface area contributed by atoms with Gasteiger partial charge < -0.3 is 10.6 Å². The first-order valence-corrected chi connectivity index (χ1v) is 7.94. The van der Waals surface area contributed by atoms with Crippen molar-refractivity contribution in [2.45, 2.75) is 70.5 Å². The molecule has 3 unspecified atom stereocenters. The molecule has 0 aromatic carbocycles. The fourth-order valence-corrected chi connectivity index (χ4v) is 3.23. The molecule has 0 spiro atoms. The lowest BCUT2D eigenvalue weighted by Crippen LogP contribution is -2.52. The molecule has 3 atom stereocenters. The summed E-state index contributed by atoms with van der Waals surface area (Å²) in [5.74, 6) is 0.223. The number of hydrogen-bond acceptors (Lipinski definition) is 3. The van der Waals surface area contributed by atoms with Gasteiger partial charge in [0.15, 0.2) is 0 Å². The zero-order valence-corrected chi connectivity index (χ0v) is 14.9. The van der Waals surface area contributed by atoms with Gasteiger partial charge in [0.2, 0.25) is 5.91 Å². The van der Waals surface area contributed by atoms with Gasteiger partial charge in [0.1, 0.15) is 0 Å². The van der Waals surface area contributed by atoms with E-state index in [0.29, 0.717) is 12.1 Å². The molecule has 4 nitrogen and oxygen atoms in total. The van der Waals surface area contributed by atoms with Crippen LogP contribution in [0.5, 0.6) is 0 Å². The lowest BCUT2D eigenvalue weighted by atomic mass is 10.0. The molecule has 0 saturated carbocycles. The van der Waals surface area contributed by atoms with Crippen molar-refractivity contribution in [1.29, 1.82) is 0 Å². The molecule has 126 valence electrons. The van der Waals surface area contributed by atoms with E-state index in [1.165, 1.54) is 25.7 Å². The standard InChI is InChI=1S/C15H29N3O.2ClH/c1-12-11-14(7-8-16-12)17-15(19)13(2)18-9-5-3-4-6-10-18;;/h12-14,16H,3-11H2,1-2H3,(H,17,19);2*1H. The molecular weight excluding hydrogens is 309 g/mol. The molecule has 0 aromatic heterocycles. The molecule has 2 aliphatic rings. The summed E-state index contributed by atoms with van der Waals surface area (Å²) < 4.78 is 0. The Kier molecular flexibility index (Phi) is 10.6. The highest BCUT2D eigenvalue weighted by Gasteiger charge is 2.25. The van der Waals surface area contributed by atoms with Crippen molar-refractivity contribution >= 4 is 30.7 Å². The van der Waals surface area contributed by atoms with E-state index >= 15 is 0 Å². The number of nitrogens with zero attached hydrogens (tertiary/aromatic N) is 1. The average Bonchev–Trinajstić information content (AvgIpc) is 2.66. The zero-order chi connectivity index (χ0) is 13.7. The lowest BCUT2D eigenvalue weighted by Gasteiger charge is -2.32. The van der Waals surface area contributed by atoms with Gasteiger partial charge in [0.05, 0.1) is 6.04 Å². The van der Waals surface area contributed by atoms with Crippen LogP contribution in [0, 0.1) is 0 Å². The van der Waals surface area contributed by atoms with Gasteiger partial charge in [-0.05, 0) is 59.2 Å². The second-order valence-electron chi connectivity index (χ2n) is 6.21. The van der Waals surface area contributed by atoms with Crippen molar-refractivity contribution in [2.24, 2.45) is 0 Å². The van der Waals surface area contributed by atoms with Gasteiger partial charge in [-0.15, -0.1) is 24.8 Å². The summed E-state index contributed by atoms with van der Waals surface area (Å²) in [6.07, 6.45) is 7.22. The molecule has 0 aromatic rings. The summed E-state index contributed by atoms with van der Waals surface area (Å²) in [6.45, 7) is 7.43. The third-order valence-electron chi connectivity index (χ3n) is 4.54. The second kappa shape index (κ2) is 10.7. The number of likely N-dealkylation sites (tertiary alicyclic amines) is 1. The van der Waals surface area contributed by atoms with Crippen LogP contribution in [0.4, 0.5) is 0 Å². The van der Waals surface area contributed by atoms with Gasteiger partial charge in [-0.2, -0.15) is 0 Å². The van der Waals surface area contributed by atoms with Gasteiger partial charge in [-0.1, -0.05) is 12.8 Å². The molecule has 21 heavy (non-hydrogen) atoms. The van der Waals surface area contributed by atoms with Crippen molar-refractivity contribution in [3.63, 3.8) is 0 Å². The van der Waals surface area contributed by atoms with E-state index in [4.69, 9.17) is 0 Å². The number of carbonyl (C=O) groups is 1. The SMILES string of the molecule is CC1CC(NC(=O)C(C)N2CCCCCC2)CCN1.Cl.Cl. The molecule has 2 N–H and O–H groups in total. The van der Waals surface area contributed by atoms with Crippen LogP contribution in [-0.4, -0.2) is 48.6 Å². The zero-order valence-electron chi connectivity index (χ0n) is 13.3. The number of nitrogens with one attached hydrogen (secondary N) is 2. The van der Waals surface area contributed by atoms with E-state index < -0.39 is 0 Å². The Labute approximate surface area is 141 Å². The van der Waals surface area contributed by atoms with Gasteiger partial charge in [0, 0.05) is 12.1 Å². The van der Waals surface area contributed by atoms with Crippen molar-refractivity contribution in [3.05, 3.63) is 0 Å². The quantitative estimate of drug-likeness (QED) is 0.829. The van der Waals surface area contributed by atoms with E-state index in [0.717, 1.165) is 32.5 Å². The summed E-state index contributed by atoms with van der Waals surface area (Å²) in [5.41, 5.74) is 0. The highest BCUT2D eigenvalue weighted by Crippen LogP contribution is 2.14. The minimum atomic E-state index is 0. The monoisotopic (exact) mass is 339 g/mol. The molecule has 2 heterocycles. The normalized spacial score (nSPS) is 28.5. The fraction of sp³-hybridized carbons (Fsp3) is 0.933. The van der Waals surface area contributed by atoms with Crippen LogP contribution >= 0.6 is 24.8 Å². The van der Waals surface area contributed by atoms with Crippen LogP contribution in [0.25, 0.3) is 0 Å². The van der Waals surface area contributed by atoms with Crippen molar-refractivity contribution < 1.29 is 4.79 Å². The lowest BCUT2D eigenvalue weighted by molar-refractivity contribution is -0.126. The molecule has 2 aliphatic heterocycles. The predicted octanol–water partition coefficient (Wildman–Crippen LogP) is 2.35. The summed E-state index contributed by atoms with van der Waals surface area (Å²) in [7, 11) is 0. The molecule has 1 amide bonds. The number of hydrogen-bond donors (Lipinski definition) is 2. The summed E-state index contributed by atoms with van der Waals surface area (Å²) in [6, 6.07) is 0.911. The van der Waals surface area contributed by atoms with Crippen LogP contribution in [-0.2, 0) is 4.79 Å². The third kappa shape index (κ3) is 6.72. The maximum Gasteiger partial charge on any atom is 0.237 e. The molecule has 6 heteroatoms. The first kappa shape index (κ1) is 21.0. The Morgan fingerprint density at radius 3 is 2.38 bits per heavy atom. The highest BCUT2D eigenvalue weighted by atomic mass is 35.5. The minimum absolute atomic E-state index is 0. The number of carbonyl (C=O) groups excluding carboxylic acids is 1. The fourth-order valence-electron chi connectivity index (χ4n) is 3.23. The number of halogens is 2. The summed E-state index contributed by atoms with van der Waals surface area (Å²) in [4.78, 5) is 14.7. The van der Waals surface area contributed by atoms with Crippen molar-refractivity contribution in [2.75, 3.05) is 19.6 Å². The van der Waals surface area contributed by atoms with E-state index in [2.05, 4.69) is 29.4 Å². The molecular formula is C15H31Cl2N3O. The minimum Gasteiger partial charge on any atom is -0.352 e. The largest absolute Gasteiger partial charge is 0.352 e. The van der Waals surface area contributed by atoms with Crippen LogP contribution in [0.1, 0.15) is 52.4 Å². The van der Waals surface area contributed by atoms with Gasteiger partial charge in [0.25, 0.3) is 0 Å². The van der Waals surface area contributed by atoms with Crippen molar-refractivity contribution in [3.8, 4) is 0 Å². The van der Waals surface area contributed by atoms with Crippen LogP contribution in [0.15, 0.2) is 0 Å². The molecule has 0 bridgehead atoms. The highest BCUT2D eigenvalue weighted by molar-refractivity contribution is 5.85. The summed E-state index contributed by atoms with van der Waals surface area (Å²) >= 11 is 0. The third-order valence-corrected chi connectivity index (χ3v) is 4.54. The smallest absolute Gasteiger partial charge is 0.237 e. The summed E-state index contributed by atoms with van der Waals surface area (Å²) in [5, 5.41) is 6.67. The second-order valence-corrected chi connectivity index (χ2v) is 6.21. The van der Waals surface area contributed by atoms with Crippen LogP contribution in [0.2, 0.25) is 0 Å². The Hall–Kier alpha value is -0.0300. The van der Waals surface area contributed by atoms with E-state index in [9.17, 15) is 4.79 Å². The molecule has 2 saturated heterocycles. The number of amides is 1. The Morgan fingerprint density at radius 2 is 1.81 bits per heavy atom. The topological polar surface area (TPSA) is 44.4 Å². The predicted molar refractivity (Wildman–Crippen MR) is 92.6 cm³/mol. The number of piperidine rings is 1.